The molecule has 0 radical (unpaired) electrons. The van der Waals surface area contributed by atoms with Crippen molar-refractivity contribution in [3.05, 3.63) is 70.8 Å². The number of rotatable bonds is 3. The van der Waals surface area contributed by atoms with E-state index >= 15 is 0 Å². The van der Waals surface area contributed by atoms with Crippen LogP contribution < -0.4 is 0 Å². The summed E-state index contributed by atoms with van der Waals surface area (Å²) in [6, 6.07) is 17.5. The average molecular weight is 289 g/mol. The number of halogens is 1. The van der Waals surface area contributed by atoms with Crippen molar-refractivity contribution in [3.8, 4) is 0 Å². The molecule has 0 bridgehead atoms. The molecule has 17 heavy (non-hydrogen) atoms. The summed E-state index contributed by atoms with van der Waals surface area (Å²) >= 11 is 3.77. The molecule has 0 fully saturated rings. The van der Waals surface area contributed by atoms with Gasteiger partial charge in [0.2, 0.25) is 0 Å². The van der Waals surface area contributed by atoms with E-state index in [1.54, 1.807) is 0 Å². The minimum Gasteiger partial charge on any atom is -0.0786 e. The molecule has 1 heteroatoms. The first-order valence-corrected chi connectivity index (χ1v) is 6.91. The Kier molecular flexibility index (Phi) is 4.01. The van der Waals surface area contributed by atoms with Gasteiger partial charge in [-0.1, -0.05) is 76.9 Å². The molecule has 0 aliphatic carbocycles. The Labute approximate surface area is 112 Å². The van der Waals surface area contributed by atoms with Crippen molar-refractivity contribution in [2.75, 3.05) is 0 Å². The summed E-state index contributed by atoms with van der Waals surface area (Å²) in [7, 11) is 0. The number of hydrogen-bond acceptors (Lipinski definition) is 0. The van der Waals surface area contributed by atoms with Gasteiger partial charge >= 0.3 is 0 Å². The zero-order valence-electron chi connectivity index (χ0n) is 10.3. The second kappa shape index (κ2) is 5.50. The molecule has 2 aromatic carbocycles. The van der Waals surface area contributed by atoms with Crippen molar-refractivity contribution in [3.63, 3.8) is 0 Å². The summed E-state index contributed by atoms with van der Waals surface area (Å²) in [5, 5.41) is 0. The first-order chi connectivity index (χ1) is 8.20. The van der Waals surface area contributed by atoms with E-state index in [4.69, 9.17) is 0 Å². The van der Waals surface area contributed by atoms with Crippen LogP contribution in [0.5, 0.6) is 0 Å². The van der Waals surface area contributed by atoms with Crippen LogP contribution in [0.3, 0.4) is 0 Å². The molecule has 0 amide bonds. The zero-order valence-corrected chi connectivity index (χ0v) is 11.9. The molecule has 2 aromatic rings. The number of aryl methyl sites for hydroxylation is 2. The van der Waals surface area contributed by atoms with Crippen LogP contribution in [0.4, 0.5) is 0 Å². The van der Waals surface area contributed by atoms with Gasteiger partial charge in [-0.2, -0.15) is 0 Å². The molecule has 1 atom stereocenters. The van der Waals surface area contributed by atoms with Gasteiger partial charge < -0.3 is 0 Å². The summed E-state index contributed by atoms with van der Waals surface area (Å²) in [6.07, 6.45) is 1.09. The number of hydrogen-bond donors (Lipinski definition) is 0. The maximum Gasteiger partial charge on any atom is 0.0644 e. The summed E-state index contributed by atoms with van der Waals surface area (Å²) in [4.78, 5) is 0.285. The van der Waals surface area contributed by atoms with Crippen molar-refractivity contribution in [1.82, 2.24) is 0 Å². The minimum absolute atomic E-state index is 0.285. The highest BCUT2D eigenvalue weighted by molar-refractivity contribution is 9.09. The van der Waals surface area contributed by atoms with Crippen LogP contribution in [0.2, 0.25) is 0 Å². The van der Waals surface area contributed by atoms with Gasteiger partial charge in [0, 0.05) is 0 Å². The third kappa shape index (κ3) is 2.98. The monoisotopic (exact) mass is 288 g/mol. The molecule has 0 aromatic heterocycles. The fourth-order valence-electron chi connectivity index (χ4n) is 1.94. The highest BCUT2D eigenvalue weighted by Gasteiger charge is 2.09. The third-order valence-corrected chi connectivity index (χ3v) is 4.07. The maximum absolute atomic E-state index is 3.77. The van der Waals surface area contributed by atoms with Crippen LogP contribution in [0.1, 0.15) is 34.0 Å². The second-order valence-corrected chi connectivity index (χ2v) is 5.29. The van der Waals surface area contributed by atoms with E-state index in [1.807, 2.05) is 0 Å². The Hall–Kier alpha value is -1.08. The second-order valence-electron chi connectivity index (χ2n) is 4.37. The molecule has 0 saturated heterocycles. The Morgan fingerprint density at radius 3 is 2.29 bits per heavy atom. The van der Waals surface area contributed by atoms with Gasteiger partial charge in [0.25, 0.3) is 0 Å². The smallest absolute Gasteiger partial charge is 0.0644 e. The van der Waals surface area contributed by atoms with Gasteiger partial charge in [0.1, 0.15) is 0 Å². The Morgan fingerprint density at radius 2 is 1.71 bits per heavy atom. The van der Waals surface area contributed by atoms with E-state index in [-0.39, 0.29) is 4.83 Å². The summed E-state index contributed by atoms with van der Waals surface area (Å²) in [5.74, 6) is 0. The standard InChI is InChI=1S/C16H17Br/c1-3-13-7-9-14(10-8-13)16(17)15-6-4-5-12(2)11-15/h4-11,16H,3H2,1-2H3. The van der Waals surface area contributed by atoms with E-state index in [9.17, 15) is 0 Å². The zero-order chi connectivity index (χ0) is 12.3. The molecule has 1 unspecified atom stereocenters. The van der Waals surface area contributed by atoms with E-state index in [2.05, 4.69) is 78.3 Å². The van der Waals surface area contributed by atoms with Crippen molar-refractivity contribution >= 4 is 15.9 Å². The van der Waals surface area contributed by atoms with E-state index in [0.717, 1.165) is 6.42 Å². The van der Waals surface area contributed by atoms with Gasteiger partial charge in [-0.05, 0) is 30.0 Å². The van der Waals surface area contributed by atoms with E-state index in [0.29, 0.717) is 0 Å². The van der Waals surface area contributed by atoms with Crippen LogP contribution in [-0.2, 0) is 6.42 Å². The summed E-state index contributed by atoms with van der Waals surface area (Å²) < 4.78 is 0. The molecule has 0 saturated carbocycles. The lowest BCUT2D eigenvalue weighted by Gasteiger charge is -2.12. The lowest BCUT2D eigenvalue weighted by atomic mass is 10.0. The van der Waals surface area contributed by atoms with E-state index in [1.165, 1.54) is 22.3 Å². The maximum atomic E-state index is 3.77. The molecule has 0 aliphatic rings. The molecular weight excluding hydrogens is 272 g/mol. The van der Waals surface area contributed by atoms with Crippen LogP contribution in [0.15, 0.2) is 48.5 Å². The van der Waals surface area contributed by atoms with Crippen molar-refractivity contribution in [2.45, 2.75) is 25.1 Å². The highest BCUT2D eigenvalue weighted by atomic mass is 79.9. The molecule has 2 rings (SSSR count). The average Bonchev–Trinajstić information content (AvgIpc) is 2.38. The molecule has 0 aliphatic heterocycles. The van der Waals surface area contributed by atoms with Gasteiger partial charge in [-0.15, -0.1) is 0 Å². The quantitative estimate of drug-likeness (QED) is 0.694. The fraction of sp³-hybridized carbons (Fsp3) is 0.250. The van der Waals surface area contributed by atoms with Gasteiger partial charge in [0.05, 0.1) is 4.83 Å². The molecule has 0 N–H and O–H groups in total. The van der Waals surface area contributed by atoms with Gasteiger partial charge in [-0.3, -0.25) is 0 Å². The molecular formula is C16H17Br. The predicted molar refractivity (Wildman–Crippen MR) is 77.8 cm³/mol. The van der Waals surface area contributed by atoms with Crippen LogP contribution >= 0.6 is 15.9 Å². The topological polar surface area (TPSA) is 0 Å². The predicted octanol–water partition coefficient (Wildman–Crippen LogP) is 5.04. The Balaban J connectivity index is 2.27. The SMILES string of the molecule is CCc1ccc(C(Br)c2cccc(C)c2)cc1. The van der Waals surface area contributed by atoms with Crippen molar-refractivity contribution in [2.24, 2.45) is 0 Å². The van der Waals surface area contributed by atoms with Crippen LogP contribution in [0, 0.1) is 6.92 Å². The molecule has 0 nitrogen and oxygen atoms in total. The lowest BCUT2D eigenvalue weighted by Crippen LogP contribution is -1.93. The summed E-state index contributed by atoms with van der Waals surface area (Å²) in [6.45, 7) is 4.31. The van der Waals surface area contributed by atoms with Crippen molar-refractivity contribution in [1.29, 1.82) is 0 Å². The fourth-order valence-corrected chi connectivity index (χ4v) is 2.53. The first kappa shape index (κ1) is 12.4. The van der Waals surface area contributed by atoms with Crippen molar-refractivity contribution < 1.29 is 0 Å². The Morgan fingerprint density at radius 1 is 1.00 bits per heavy atom. The number of alkyl halides is 1. The van der Waals surface area contributed by atoms with Gasteiger partial charge in [0.15, 0.2) is 0 Å². The molecule has 0 heterocycles. The first-order valence-electron chi connectivity index (χ1n) is 6.00. The third-order valence-electron chi connectivity index (χ3n) is 3.02. The summed E-state index contributed by atoms with van der Waals surface area (Å²) in [5.41, 5.74) is 5.32. The lowest BCUT2D eigenvalue weighted by molar-refractivity contribution is 1.11. The molecule has 0 spiro atoms. The van der Waals surface area contributed by atoms with Crippen LogP contribution in [-0.4, -0.2) is 0 Å². The van der Waals surface area contributed by atoms with Gasteiger partial charge in [-0.25, -0.2) is 0 Å². The van der Waals surface area contributed by atoms with Crippen LogP contribution in [0.25, 0.3) is 0 Å². The molecule has 88 valence electrons. The normalized spacial score (nSPS) is 12.4. The number of benzene rings is 2. The minimum atomic E-state index is 0.285. The largest absolute Gasteiger partial charge is 0.0786 e. The Bertz CT molecular complexity index is 485. The highest BCUT2D eigenvalue weighted by Crippen LogP contribution is 2.31. The van der Waals surface area contributed by atoms with E-state index < -0.39 is 0 Å².